The van der Waals surface area contributed by atoms with Crippen LogP contribution in [0.15, 0.2) is 18.2 Å². The lowest BCUT2D eigenvalue weighted by atomic mass is 9.87. The van der Waals surface area contributed by atoms with Crippen LogP contribution in [0, 0.1) is 5.92 Å². The number of benzene rings is 1. The number of methoxy groups -OCH3 is 2. The van der Waals surface area contributed by atoms with Gasteiger partial charge in [0, 0.05) is 18.5 Å². The lowest BCUT2D eigenvalue weighted by Crippen LogP contribution is -2.21. The van der Waals surface area contributed by atoms with Crippen LogP contribution in [0.4, 0.5) is 0 Å². The quantitative estimate of drug-likeness (QED) is 0.825. The first-order valence-corrected chi connectivity index (χ1v) is 6.00. The molecule has 0 bridgehead atoms. The maximum atomic E-state index is 5.46. The summed E-state index contributed by atoms with van der Waals surface area (Å²) in [5, 5.41) is 3.24. The highest BCUT2D eigenvalue weighted by Gasteiger charge is 2.19. The molecule has 0 fully saturated rings. The Hall–Kier alpha value is -1.22. The molecule has 3 nitrogen and oxygen atoms in total. The summed E-state index contributed by atoms with van der Waals surface area (Å²) in [7, 11) is 5.35. The first-order chi connectivity index (χ1) is 8.13. The Morgan fingerprint density at radius 2 is 1.88 bits per heavy atom. The van der Waals surface area contributed by atoms with E-state index in [-0.39, 0.29) is 0 Å². The average molecular weight is 237 g/mol. The molecule has 0 aromatic heterocycles. The Morgan fingerprint density at radius 1 is 1.18 bits per heavy atom. The van der Waals surface area contributed by atoms with Gasteiger partial charge in [-0.25, -0.2) is 0 Å². The van der Waals surface area contributed by atoms with Gasteiger partial charge in [0.05, 0.1) is 14.2 Å². The van der Waals surface area contributed by atoms with Crippen molar-refractivity contribution in [2.75, 3.05) is 27.8 Å². The second-order valence-electron chi connectivity index (χ2n) is 4.52. The smallest absolute Gasteiger partial charge is 0.126 e. The Balaban J connectivity index is 3.09. The second kappa shape index (κ2) is 6.50. The topological polar surface area (TPSA) is 30.5 Å². The van der Waals surface area contributed by atoms with Crippen LogP contribution in [-0.2, 0) is 0 Å². The predicted molar refractivity (Wildman–Crippen MR) is 71.1 cm³/mol. The highest BCUT2D eigenvalue weighted by atomic mass is 16.5. The number of hydrogen-bond acceptors (Lipinski definition) is 3. The molecule has 0 saturated carbocycles. The molecule has 17 heavy (non-hydrogen) atoms. The molecule has 0 radical (unpaired) electrons. The third-order valence-corrected chi connectivity index (χ3v) is 3.07. The fourth-order valence-electron chi connectivity index (χ4n) is 2.05. The molecule has 0 aliphatic carbocycles. The molecule has 0 aliphatic heterocycles. The van der Waals surface area contributed by atoms with Crippen molar-refractivity contribution in [2.24, 2.45) is 5.92 Å². The fraction of sp³-hybridized carbons (Fsp3) is 0.571. The summed E-state index contributed by atoms with van der Waals surface area (Å²) in [5.41, 5.74) is 1.23. The zero-order valence-corrected chi connectivity index (χ0v) is 11.4. The van der Waals surface area contributed by atoms with Gasteiger partial charge in [0.2, 0.25) is 0 Å². The molecule has 1 N–H and O–H groups in total. The Kier molecular flexibility index (Phi) is 5.29. The molecule has 0 heterocycles. The number of likely N-dealkylation sites (N-methyl/N-ethyl adjacent to an activating group) is 1. The summed E-state index contributed by atoms with van der Waals surface area (Å²) in [6.07, 6.45) is 0. The van der Waals surface area contributed by atoms with Crippen LogP contribution in [0.25, 0.3) is 0 Å². The van der Waals surface area contributed by atoms with E-state index in [9.17, 15) is 0 Å². The molecule has 1 atom stereocenters. The third kappa shape index (κ3) is 3.37. The Bertz CT molecular complexity index is 350. The molecule has 0 saturated heterocycles. The minimum absolute atomic E-state index is 0.445. The summed E-state index contributed by atoms with van der Waals surface area (Å²) in [6, 6.07) is 6.03. The van der Waals surface area contributed by atoms with Gasteiger partial charge < -0.3 is 14.8 Å². The molecule has 0 spiro atoms. The highest BCUT2D eigenvalue weighted by molar-refractivity contribution is 5.43. The summed E-state index contributed by atoms with van der Waals surface area (Å²) in [6.45, 7) is 5.40. The van der Waals surface area contributed by atoms with E-state index < -0.39 is 0 Å². The van der Waals surface area contributed by atoms with Crippen LogP contribution < -0.4 is 14.8 Å². The maximum Gasteiger partial charge on any atom is 0.126 e. The Morgan fingerprint density at radius 3 is 2.35 bits per heavy atom. The van der Waals surface area contributed by atoms with Gasteiger partial charge in [-0.3, -0.25) is 0 Å². The average Bonchev–Trinajstić information content (AvgIpc) is 2.35. The van der Waals surface area contributed by atoms with Gasteiger partial charge in [0.1, 0.15) is 11.5 Å². The highest BCUT2D eigenvalue weighted by Crippen LogP contribution is 2.34. The summed E-state index contributed by atoms with van der Waals surface area (Å²) in [5.74, 6) is 2.74. The lowest BCUT2D eigenvalue weighted by Gasteiger charge is -2.23. The van der Waals surface area contributed by atoms with Crippen LogP contribution in [0.3, 0.4) is 0 Å². The van der Waals surface area contributed by atoms with Gasteiger partial charge in [0.15, 0.2) is 0 Å². The third-order valence-electron chi connectivity index (χ3n) is 3.07. The Labute approximate surface area is 104 Å². The molecule has 0 amide bonds. The van der Waals surface area contributed by atoms with E-state index in [2.05, 4.69) is 25.2 Å². The van der Waals surface area contributed by atoms with Crippen molar-refractivity contribution in [1.29, 1.82) is 0 Å². The van der Waals surface area contributed by atoms with E-state index in [4.69, 9.17) is 9.47 Å². The summed E-state index contributed by atoms with van der Waals surface area (Å²) < 4.78 is 10.7. The number of ether oxygens (including phenoxy) is 2. The largest absolute Gasteiger partial charge is 0.497 e. The molecule has 1 aromatic rings. The van der Waals surface area contributed by atoms with Crippen LogP contribution >= 0.6 is 0 Å². The number of nitrogens with one attached hydrogen (secondary N) is 1. The first kappa shape index (κ1) is 13.8. The van der Waals surface area contributed by atoms with E-state index in [0.717, 1.165) is 18.0 Å². The molecule has 3 heteroatoms. The summed E-state index contributed by atoms with van der Waals surface area (Å²) >= 11 is 0. The van der Waals surface area contributed by atoms with Gasteiger partial charge in [0.25, 0.3) is 0 Å². The fourth-order valence-corrected chi connectivity index (χ4v) is 2.05. The van der Waals surface area contributed by atoms with Crippen LogP contribution in [0.2, 0.25) is 0 Å². The van der Waals surface area contributed by atoms with Gasteiger partial charge in [-0.05, 0) is 24.6 Å². The summed E-state index contributed by atoms with van der Waals surface area (Å²) in [4.78, 5) is 0. The van der Waals surface area contributed by atoms with Crippen molar-refractivity contribution in [2.45, 2.75) is 19.8 Å². The molecule has 96 valence electrons. The minimum atomic E-state index is 0.445. The molecule has 1 rings (SSSR count). The monoisotopic (exact) mass is 237 g/mol. The van der Waals surface area contributed by atoms with E-state index >= 15 is 0 Å². The SMILES string of the molecule is CNCC(c1ccc(OC)cc1OC)C(C)C. The molecular weight excluding hydrogens is 214 g/mol. The first-order valence-electron chi connectivity index (χ1n) is 6.00. The van der Waals surface area contributed by atoms with Crippen molar-refractivity contribution in [3.63, 3.8) is 0 Å². The molecule has 1 unspecified atom stereocenters. The van der Waals surface area contributed by atoms with Crippen molar-refractivity contribution >= 4 is 0 Å². The minimum Gasteiger partial charge on any atom is -0.497 e. The van der Waals surface area contributed by atoms with Crippen LogP contribution in [0.1, 0.15) is 25.3 Å². The van der Waals surface area contributed by atoms with Crippen molar-refractivity contribution < 1.29 is 9.47 Å². The van der Waals surface area contributed by atoms with Crippen molar-refractivity contribution in [3.05, 3.63) is 23.8 Å². The standard InChI is InChI=1S/C14H23NO2/c1-10(2)13(9-15-3)12-7-6-11(16-4)8-14(12)17-5/h6-8,10,13,15H,9H2,1-5H3. The normalized spacial score (nSPS) is 12.6. The number of rotatable bonds is 6. The lowest BCUT2D eigenvalue weighted by molar-refractivity contribution is 0.379. The van der Waals surface area contributed by atoms with Gasteiger partial charge in [-0.2, -0.15) is 0 Å². The van der Waals surface area contributed by atoms with Gasteiger partial charge >= 0.3 is 0 Å². The molecule has 1 aromatic carbocycles. The van der Waals surface area contributed by atoms with Crippen LogP contribution in [0.5, 0.6) is 11.5 Å². The zero-order valence-electron chi connectivity index (χ0n) is 11.4. The van der Waals surface area contributed by atoms with E-state index in [1.54, 1.807) is 14.2 Å². The predicted octanol–water partition coefficient (Wildman–Crippen LogP) is 2.66. The zero-order chi connectivity index (χ0) is 12.8. The molecular formula is C14H23NO2. The van der Waals surface area contributed by atoms with Gasteiger partial charge in [-0.1, -0.05) is 19.9 Å². The van der Waals surface area contributed by atoms with Crippen molar-refractivity contribution in [1.82, 2.24) is 5.32 Å². The van der Waals surface area contributed by atoms with E-state index in [1.807, 2.05) is 19.2 Å². The van der Waals surface area contributed by atoms with Crippen molar-refractivity contribution in [3.8, 4) is 11.5 Å². The van der Waals surface area contributed by atoms with E-state index in [1.165, 1.54) is 5.56 Å². The molecule has 0 aliphatic rings. The number of hydrogen-bond donors (Lipinski definition) is 1. The van der Waals surface area contributed by atoms with E-state index in [0.29, 0.717) is 11.8 Å². The van der Waals surface area contributed by atoms with Crippen LogP contribution in [-0.4, -0.2) is 27.8 Å². The maximum absolute atomic E-state index is 5.46. The second-order valence-corrected chi connectivity index (χ2v) is 4.52. The van der Waals surface area contributed by atoms with Gasteiger partial charge in [-0.15, -0.1) is 0 Å².